The lowest BCUT2D eigenvalue weighted by molar-refractivity contribution is -0.140. The maximum Gasteiger partial charge on any atom is 0.305 e. The molecule has 1 aliphatic heterocycles. The molecule has 1 heterocycles. The summed E-state index contributed by atoms with van der Waals surface area (Å²) in [7, 11) is 0. The molecule has 1 atom stereocenters. The molecule has 0 aliphatic carbocycles. The van der Waals surface area contributed by atoms with Gasteiger partial charge < -0.3 is 5.11 Å². The highest BCUT2D eigenvalue weighted by atomic mass is 19.1. The Labute approximate surface area is 113 Å². The highest BCUT2D eigenvalue weighted by Crippen LogP contribution is 2.34. The minimum absolute atomic E-state index is 0.0403. The number of carbonyl (C=O) groups is 1. The van der Waals surface area contributed by atoms with E-state index < -0.39 is 11.5 Å². The van der Waals surface area contributed by atoms with Gasteiger partial charge >= 0.3 is 5.97 Å². The number of rotatable bonds is 4. The van der Waals surface area contributed by atoms with E-state index >= 15 is 0 Å². The van der Waals surface area contributed by atoms with Gasteiger partial charge in [-0.25, -0.2) is 4.39 Å². The molecule has 0 amide bonds. The molecular weight excluding hydrogens is 245 g/mol. The number of halogens is 1. The van der Waals surface area contributed by atoms with Crippen LogP contribution in [0.2, 0.25) is 0 Å². The third-order valence-electron chi connectivity index (χ3n) is 4.02. The maximum absolute atomic E-state index is 13.0. The first-order chi connectivity index (χ1) is 9.02. The Morgan fingerprint density at radius 2 is 1.84 bits per heavy atom. The van der Waals surface area contributed by atoms with Gasteiger partial charge in [0.2, 0.25) is 0 Å². The largest absolute Gasteiger partial charge is 0.481 e. The predicted octanol–water partition coefficient (Wildman–Crippen LogP) is 3.00. The van der Waals surface area contributed by atoms with Crippen LogP contribution in [0.4, 0.5) is 4.39 Å². The molecule has 2 rings (SSSR count). The van der Waals surface area contributed by atoms with Crippen LogP contribution in [0.5, 0.6) is 0 Å². The summed E-state index contributed by atoms with van der Waals surface area (Å²) in [5.74, 6) is -1.11. The van der Waals surface area contributed by atoms with E-state index in [0.717, 1.165) is 31.5 Å². The molecule has 3 nitrogen and oxygen atoms in total. The van der Waals surface area contributed by atoms with Crippen LogP contribution < -0.4 is 0 Å². The fourth-order valence-corrected chi connectivity index (χ4v) is 2.89. The van der Waals surface area contributed by atoms with Gasteiger partial charge in [0.15, 0.2) is 0 Å². The molecular formula is C15H20FNO2. The number of benzene rings is 1. The van der Waals surface area contributed by atoms with Gasteiger partial charge in [0.25, 0.3) is 0 Å². The van der Waals surface area contributed by atoms with Gasteiger partial charge in [-0.05, 0) is 50.6 Å². The maximum atomic E-state index is 13.0. The zero-order valence-electron chi connectivity index (χ0n) is 11.2. The fourth-order valence-electron chi connectivity index (χ4n) is 2.89. The summed E-state index contributed by atoms with van der Waals surface area (Å²) in [5.41, 5.74) is 0.318. The molecule has 0 radical (unpaired) electrons. The average molecular weight is 265 g/mol. The zero-order valence-corrected chi connectivity index (χ0v) is 11.2. The third kappa shape index (κ3) is 3.13. The molecule has 1 aromatic rings. The first-order valence-electron chi connectivity index (χ1n) is 6.75. The number of carboxylic acid groups (broad SMARTS) is 1. The van der Waals surface area contributed by atoms with Gasteiger partial charge in [-0.3, -0.25) is 9.69 Å². The highest BCUT2D eigenvalue weighted by molar-refractivity contribution is 5.68. The highest BCUT2D eigenvalue weighted by Gasteiger charge is 2.36. The summed E-state index contributed by atoms with van der Waals surface area (Å²) in [5, 5.41) is 9.19. The molecule has 19 heavy (non-hydrogen) atoms. The number of nitrogens with zero attached hydrogens (tertiary/aromatic N) is 1. The molecule has 1 fully saturated rings. The molecule has 1 aromatic carbocycles. The van der Waals surface area contributed by atoms with Crippen molar-refractivity contribution in [2.75, 3.05) is 13.1 Å². The number of hydrogen-bond acceptors (Lipinski definition) is 2. The summed E-state index contributed by atoms with van der Waals surface area (Å²) in [6, 6.07) is 6.21. The lowest BCUT2D eigenvalue weighted by atomic mass is 9.85. The van der Waals surface area contributed by atoms with Crippen LogP contribution in [-0.4, -0.2) is 29.1 Å². The Bertz CT molecular complexity index is 440. The van der Waals surface area contributed by atoms with Crippen molar-refractivity contribution in [3.8, 4) is 0 Å². The van der Waals surface area contributed by atoms with Crippen LogP contribution in [0.1, 0.15) is 38.2 Å². The number of carboxylic acids is 1. The van der Waals surface area contributed by atoms with Crippen molar-refractivity contribution in [1.82, 2.24) is 4.90 Å². The number of hydrogen-bond donors (Lipinski definition) is 1. The smallest absolute Gasteiger partial charge is 0.305 e. The molecule has 0 spiro atoms. The van der Waals surface area contributed by atoms with Crippen molar-refractivity contribution in [3.63, 3.8) is 0 Å². The van der Waals surface area contributed by atoms with E-state index in [1.54, 1.807) is 12.1 Å². The van der Waals surface area contributed by atoms with Crippen molar-refractivity contribution in [1.29, 1.82) is 0 Å². The van der Waals surface area contributed by atoms with Gasteiger partial charge in [0, 0.05) is 0 Å². The third-order valence-corrected chi connectivity index (χ3v) is 4.02. The predicted molar refractivity (Wildman–Crippen MR) is 71.4 cm³/mol. The summed E-state index contributed by atoms with van der Waals surface area (Å²) in [6.07, 6.45) is 3.43. The first-order valence-corrected chi connectivity index (χ1v) is 6.75. The standard InChI is InChI=1S/C15H20FNO2/c1-15(11-14(18)19,17-9-3-2-4-10-17)12-5-7-13(16)8-6-12/h5-8H,2-4,9-11H2,1H3,(H,18,19). The molecule has 0 saturated carbocycles. The quantitative estimate of drug-likeness (QED) is 0.909. The second-order valence-corrected chi connectivity index (χ2v) is 5.40. The van der Waals surface area contributed by atoms with E-state index in [0.29, 0.717) is 0 Å². The van der Waals surface area contributed by atoms with Crippen LogP contribution in [0.3, 0.4) is 0 Å². The zero-order chi connectivity index (χ0) is 13.9. The van der Waals surface area contributed by atoms with E-state index in [-0.39, 0.29) is 12.2 Å². The molecule has 1 saturated heterocycles. The molecule has 104 valence electrons. The Morgan fingerprint density at radius 3 is 2.37 bits per heavy atom. The van der Waals surface area contributed by atoms with Crippen molar-refractivity contribution in [2.24, 2.45) is 0 Å². The summed E-state index contributed by atoms with van der Waals surface area (Å²) < 4.78 is 13.0. The fraction of sp³-hybridized carbons (Fsp3) is 0.533. The van der Waals surface area contributed by atoms with Gasteiger partial charge in [-0.2, -0.15) is 0 Å². The SMILES string of the molecule is CC(CC(=O)O)(c1ccc(F)cc1)N1CCCCC1. The summed E-state index contributed by atoms with van der Waals surface area (Å²) in [6.45, 7) is 3.75. The molecule has 1 N–H and O–H groups in total. The van der Waals surface area contributed by atoms with Crippen LogP contribution in [0.25, 0.3) is 0 Å². The van der Waals surface area contributed by atoms with E-state index in [9.17, 15) is 14.3 Å². The Hall–Kier alpha value is -1.42. The lowest BCUT2D eigenvalue weighted by Crippen LogP contribution is -2.47. The molecule has 0 bridgehead atoms. The number of piperidine rings is 1. The molecule has 4 heteroatoms. The normalized spacial score (nSPS) is 19.9. The van der Waals surface area contributed by atoms with Gasteiger partial charge in [-0.15, -0.1) is 0 Å². The van der Waals surface area contributed by atoms with Crippen LogP contribution in [0, 0.1) is 5.82 Å². The average Bonchev–Trinajstić information content (AvgIpc) is 2.39. The Morgan fingerprint density at radius 1 is 1.26 bits per heavy atom. The molecule has 1 aliphatic rings. The minimum atomic E-state index is -0.822. The number of aliphatic carboxylic acids is 1. The van der Waals surface area contributed by atoms with Crippen LogP contribution in [-0.2, 0) is 10.3 Å². The Kier molecular flexibility index (Phi) is 4.20. The van der Waals surface area contributed by atoms with Crippen LogP contribution in [0.15, 0.2) is 24.3 Å². The van der Waals surface area contributed by atoms with Crippen molar-refractivity contribution < 1.29 is 14.3 Å². The van der Waals surface area contributed by atoms with Crippen molar-refractivity contribution >= 4 is 5.97 Å². The first kappa shape index (κ1) is 14.0. The molecule has 0 aromatic heterocycles. The van der Waals surface area contributed by atoms with E-state index in [1.165, 1.54) is 18.6 Å². The van der Waals surface area contributed by atoms with Gasteiger partial charge in [0.05, 0.1) is 12.0 Å². The number of likely N-dealkylation sites (tertiary alicyclic amines) is 1. The van der Waals surface area contributed by atoms with Crippen molar-refractivity contribution in [3.05, 3.63) is 35.6 Å². The van der Waals surface area contributed by atoms with Crippen LogP contribution >= 0.6 is 0 Å². The topological polar surface area (TPSA) is 40.5 Å². The lowest BCUT2D eigenvalue weighted by Gasteiger charge is -2.43. The molecule has 1 unspecified atom stereocenters. The second-order valence-electron chi connectivity index (χ2n) is 5.40. The van der Waals surface area contributed by atoms with E-state index in [1.807, 2.05) is 6.92 Å². The minimum Gasteiger partial charge on any atom is -0.481 e. The van der Waals surface area contributed by atoms with Gasteiger partial charge in [-0.1, -0.05) is 18.6 Å². The second kappa shape index (κ2) is 5.70. The summed E-state index contributed by atoms with van der Waals surface area (Å²) in [4.78, 5) is 13.4. The van der Waals surface area contributed by atoms with Gasteiger partial charge in [0.1, 0.15) is 5.82 Å². The van der Waals surface area contributed by atoms with Crippen molar-refractivity contribution in [2.45, 2.75) is 38.1 Å². The van der Waals surface area contributed by atoms with E-state index in [4.69, 9.17) is 0 Å². The van der Waals surface area contributed by atoms with E-state index in [2.05, 4.69) is 4.90 Å². The monoisotopic (exact) mass is 265 g/mol. The summed E-state index contributed by atoms with van der Waals surface area (Å²) >= 11 is 0. The Balaban J connectivity index is 2.32.